The molecule has 20 heavy (non-hydrogen) atoms. The second-order valence-corrected chi connectivity index (χ2v) is 5.26. The molecule has 0 atom stereocenters. The Morgan fingerprint density at radius 3 is 2.50 bits per heavy atom. The summed E-state index contributed by atoms with van der Waals surface area (Å²) < 4.78 is 24.4. The standard InChI is InChI=1S/C15H11NO3S/c17-10-11-4-3-6-12(8-11)15-9-13-5-1-2-7-14(13)16(15)20(18)19/h1-10,20H. The van der Waals surface area contributed by atoms with Gasteiger partial charge in [0.2, 0.25) is 10.9 Å². The Morgan fingerprint density at radius 1 is 0.950 bits per heavy atom. The lowest BCUT2D eigenvalue weighted by Crippen LogP contribution is -1.98. The largest absolute Gasteiger partial charge is 0.298 e. The molecule has 0 amide bonds. The highest BCUT2D eigenvalue weighted by Gasteiger charge is 2.12. The van der Waals surface area contributed by atoms with Gasteiger partial charge in [-0.05, 0) is 23.8 Å². The molecule has 0 unspecified atom stereocenters. The van der Waals surface area contributed by atoms with E-state index in [1.54, 1.807) is 36.4 Å². The number of hydrogen-bond donors (Lipinski definition) is 1. The average Bonchev–Trinajstić information content (AvgIpc) is 2.87. The maximum atomic E-state index is 11.6. The Kier molecular flexibility index (Phi) is 3.12. The molecule has 3 rings (SSSR count). The first-order chi connectivity index (χ1) is 9.70. The molecule has 0 spiro atoms. The number of nitrogens with zero attached hydrogens (tertiary/aromatic N) is 1. The molecule has 0 radical (unpaired) electrons. The number of fused-ring (bicyclic) bond motifs is 1. The van der Waals surface area contributed by atoms with E-state index in [9.17, 15) is 13.2 Å². The van der Waals surface area contributed by atoms with Gasteiger partial charge in [-0.3, -0.25) is 4.79 Å². The van der Waals surface area contributed by atoms with Gasteiger partial charge in [-0.1, -0.05) is 36.4 Å². The summed E-state index contributed by atoms with van der Waals surface area (Å²) in [4.78, 5) is 10.9. The molecule has 4 nitrogen and oxygen atoms in total. The van der Waals surface area contributed by atoms with E-state index in [0.717, 1.165) is 11.7 Å². The van der Waals surface area contributed by atoms with Crippen LogP contribution in [0.3, 0.4) is 0 Å². The minimum absolute atomic E-state index is 0.514. The van der Waals surface area contributed by atoms with Crippen LogP contribution in [0.5, 0.6) is 0 Å². The SMILES string of the molecule is O=Cc1cccc(-c2cc3ccccc3n2[SH](=O)=O)c1. The third kappa shape index (κ3) is 2.02. The van der Waals surface area contributed by atoms with Crippen molar-refractivity contribution in [2.45, 2.75) is 0 Å². The number of para-hydroxylation sites is 1. The minimum atomic E-state index is -2.79. The summed E-state index contributed by atoms with van der Waals surface area (Å²) in [6, 6.07) is 16.0. The van der Waals surface area contributed by atoms with E-state index in [4.69, 9.17) is 0 Å². The fourth-order valence-electron chi connectivity index (χ4n) is 2.29. The zero-order valence-corrected chi connectivity index (χ0v) is 11.3. The van der Waals surface area contributed by atoms with E-state index >= 15 is 0 Å². The van der Waals surface area contributed by atoms with Gasteiger partial charge < -0.3 is 0 Å². The van der Waals surface area contributed by atoms with Crippen LogP contribution in [0.15, 0.2) is 54.6 Å². The Balaban J connectivity index is 2.35. The molecule has 0 saturated heterocycles. The van der Waals surface area contributed by atoms with Crippen LogP contribution >= 0.6 is 0 Å². The molecule has 0 aliphatic heterocycles. The number of thiol groups is 1. The Labute approximate surface area is 117 Å². The molecule has 1 aromatic heterocycles. The molecule has 2 aromatic carbocycles. The summed E-state index contributed by atoms with van der Waals surface area (Å²) >= 11 is 0. The van der Waals surface area contributed by atoms with E-state index in [1.807, 2.05) is 18.2 Å². The number of aromatic nitrogens is 1. The second-order valence-electron chi connectivity index (χ2n) is 4.38. The Hall–Kier alpha value is -2.40. The van der Waals surface area contributed by atoms with E-state index in [-0.39, 0.29) is 0 Å². The van der Waals surface area contributed by atoms with Crippen molar-refractivity contribution in [2.75, 3.05) is 0 Å². The van der Waals surface area contributed by atoms with Crippen LogP contribution in [0.4, 0.5) is 0 Å². The number of hydrogen-bond acceptors (Lipinski definition) is 3. The highest BCUT2D eigenvalue weighted by molar-refractivity contribution is 7.71. The molecule has 0 aliphatic rings. The Bertz CT molecular complexity index is 870. The van der Waals surface area contributed by atoms with Crippen molar-refractivity contribution in [1.82, 2.24) is 3.97 Å². The van der Waals surface area contributed by atoms with Gasteiger partial charge in [0.25, 0.3) is 0 Å². The Morgan fingerprint density at radius 2 is 1.75 bits per heavy atom. The summed E-state index contributed by atoms with van der Waals surface area (Å²) in [6.07, 6.45) is 0.744. The normalized spacial score (nSPS) is 11.1. The third-order valence-corrected chi connectivity index (χ3v) is 3.92. The summed E-state index contributed by atoms with van der Waals surface area (Å²) in [7, 11) is -2.79. The van der Waals surface area contributed by atoms with Crippen molar-refractivity contribution in [3.63, 3.8) is 0 Å². The van der Waals surface area contributed by atoms with Gasteiger partial charge >= 0.3 is 0 Å². The van der Waals surface area contributed by atoms with Crippen molar-refractivity contribution in [1.29, 1.82) is 0 Å². The van der Waals surface area contributed by atoms with Crippen LogP contribution in [0, 0.1) is 0 Å². The van der Waals surface area contributed by atoms with Gasteiger partial charge in [0.15, 0.2) is 0 Å². The predicted molar refractivity (Wildman–Crippen MR) is 78.5 cm³/mol. The molecule has 100 valence electrons. The zero-order chi connectivity index (χ0) is 14.1. The minimum Gasteiger partial charge on any atom is -0.298 e. The fourth-order valence-corrected chi connectivity index (χ4v) is 3.00. The predicted octanol–water partition coefficient (Wildman–Crippen LogP) is 2.50. The van der Waals surface area contributed by atoms with Gasteiger partial charge in [0.05, 0.1) is 11.2 Å². The first-order valence-corrected chi connectivity index (χ1v) is 7.14. The van der Waals surface area contributed by atoms with E-state index in [0.29, 0.717) is 22.3 Å². The maximum absolute atomic E-state index is 11.6. The molecule has 0 bridgehead atoms. The lowest BCUT2D eigenvalue weighted by Gasteiger charge is -2.04. The van der Waals surface area contributed by atoms with Gasteiger partial charge in [0, 0.05) is 10.9 Å². The molecule has 0 N–H and O–H groups in total. The molecule has 5 heteroatoms. The van der Waals surface area contributed by atoms with Crippen molar-refractivity contribution in [3.8, 4) is 11.3 Å². The van der Waals surface area contributed by atoms with Crippen molar-refractivity contribution in [2.24, 2.45) is 0 Å². The molecule has 1 heterocycles. The number of carbonyl (C=O) groups excluding carboxylic acids is 1. The molecule has 0 saturated carbocycles. The first-order valence-electron chi connectivity index (χ1n) is 6.01. The van der Waals surface area contributed by atoms with E-state index < -0.39 is 10.9 Å². The summed E-state index contributed by atoms with van der Waals surface area (Å²) in [5.74, 6) is 0. The van der Waals surface area contributed by atoms with Crippen LogP contribution in [0.1, 0.15) is 10.4 Å². The molecule has 0 aliphatic carbocycles. The van der Waals surface area contributed by atoms with Crippen molar-refractivity contribution in [3.05, 3.63) is 60.2 Å². The van der Waals surface area contributed by atoms with Gasteiger partial charge in [-0.2, -0.15) is 0 Å². The third-order valence-electron chi connectivity index (χ3n) is 3.17. The van der Waals surface area contributed by atoms with Crippen LogP contribution in [0.25, 0.3) is 22.2 Å². The molecular formula is C15H11NO3S. The average molecular weight is 285 g/mol. The lowest BCUT2D eigenvalue weighted by atomic mass is 10.1. The molecule has 3 aromatic rings. The van der Waals surface area contributed by atoms with Crippen LogP contribution < -0.4 is 0 Å². The number of rotatable bonds is 3. The topological polar surface area (TPSA) is 56.1 Å². The van der Waals surface area contributed by atoms with Gasteiger partial charge in [-0.15, -0.1) is 0 Å². The number of benzene rings is 2. The van der Waals surface area contributed by atoms with Gasteiger partial charge in [0.1, 0.15) is 6.29 Å². The quantitative estimate of drug-likeness (QED) is 0.594. The summed E-state index contributed by atoms with van der Waals surface area (Å²) in [6.45, 7) is 0. The van der Waals surface area contributed by atoms with E-state index in [2.05, 4.69) is 0 Å². The number of aldehydes is 1. The summed E-state index contributed by atoms with van der Waals surface area (Å²) in [5, 5.41) is 0.846. The fraction of sp³-hybridized carbons (Fsp3) is 0. The number of carbonyl (C=O) groups is 1. The van der Waals surface area contributed by atoms with Crippen molar-refractivity contribution < 1.29 is 13.2 Å². The summed E-state index contributed by atoms with van der Waals surface area (Å²) in [5.41, 5.74) is 2.41. The highest BCUT2D eigenvalue weighted by Crippen LogP contribution is 2.28. The maximum Gasteiger partial charge on any atom is 0.229 e. The van der Waals surface area contributed by atoms with Gasteiger partial charge in [-0.25, -0.2) is 12.4 Å². The first kappa shape index (κ1) is 12.6. The van der Waals surface area contributed by atoms with Crippen LogP contribution in [0.2, 0.25) is 0 Å². The smallest absolute Gasteiger partial charge is 0.229 e. The lowest BCUT2D eigenvalue weighted by molar-refractivity contribution is 0.112. The highest BCUT2D eigenvalue weighted by atomic mass is 32.2. The van der Waals surface area contributed by atoms with E-state index in [1.165, 1.54) is 3.97 Å². The monoisotopic (exact) mass is 285 g/mol. The van der Waals surface area contributed by atoms with Crippen molar-refractivity contribution >= 4 is 28.1 Å². The molecular weight excluding hydrogens is 274 g/mol. The van der Waals surface area contributed by atoms with Crippen LogP contribution in [-0.2, 0) is 10.9 Å². The zero-order valence-electron chi connectivity index (χ0n) is 10.4. The van der Waals surface area contributed by atoms with Crippen LogP contribution in [-0.4, -0.2) is 18.7 Å². The molecule has 0 fully saturated rings. The second kappa shape index (κ2) is 4.94.